The van der Waals surface area contributed by atoms with E-state index < -0.39 is 0 Å². The number of hydrogen-bond donors (Lipinski definition) is 0. The van der Waals surface area contributed by atoms with Crippen molar-refractivity contribution in [1.29, 1.82) is 0 Å². The summed E-state index contributed by atoms with van der Waals surface area (Å²) >= 11 is 0. The molecule has 16 heavy (non-hydrogen) atoms. The zero-order valence-corrected chi connectivity index (χ0v) is 10.3. The third-order valence-corrected chi connectivity index (χ3v) is 2.86. The number of aliphatic imine (C=N–C) groups is 1. The molecule has 1 rings (SSSR count). The van der Waals surface area contributed by atoms with Crippen LogP contribution in [0.5, 0.6) is 0 Å². The van der Waals surface area contributed by atoms with Gasteiger partial charge in [-0.15, -0.1) is 6.58 Å². The third kappa shape index (κ3) is 3.65. The summed E-state index contributed by atoms with van der Waals surface area (Å²) < 4.78 is 0. The molecule has 1 aromatic rings. The van der Waals surface area contributed by atoms with Crippen molar-refractivity contribution in [2.24, 2.45) is 10.9 Å². The van der Waals surface area contributed by atoms with Gasteiger partial charge in [-0.2, -0.15) is 0 Å². The normalized spacial score (nSPS) is 12.9. The van der Waals surface area contributed by atoms with Crippen LogP contribution in [-0.4, -0.2) is 12.8 Å². The van der Waals surface area contributed by atoms with E-state index in [1.807, 2.05) is 12.3 Å². The van der Waals surface area contributed by atoms with Crippen LogP contribution in [-0.2, 0) is 6.42 Å². The van der Waals surface area contributed by atoms with Crippen molar-refractivity contribution in [3.63, 3.8) is 0 Å². The molecule has 0 heterocycles. The molecule has 1 unspecified atom stereocenters. The molecule has 86 valence electrons. The van der Waals surface area contributed by atoms with E-state index in [2.05, 4.69) is 49.7 Å². The van der Waals surface area contributed by atoms with E-state index in [0.29, 0.717) is 5.92 Å². The predicted molar refractivity (Wildman–Crippen MR) is 72.3 cm³/mol. The molecule has 0 aromatic heterocycles. The van der Waals surface area contributed by atoms with Crippen molar-refractivity contribution < 1.29 is 0 Å². The van der Waals surface area contributed by atoms with Crippen molar-refractivity contribution in [3.05, 3.63) is 48.0 Å². The molecule has 0 aliphatic carbocycles. The van der Waals surface area contributed by atoms with Crippen LogP contribution in [0.1, 0.15) is 31.4 Å². The van der Waals surface area contributed by atoms with Crippen LogP contribution in [0.25, 0.3) is 0 Å². The first-order chi connectivity index (χ1) is 7.81. The quantitative estimate of drug-likeness (QED) is 0.504. The molecule has 0 amide bonds. The molecule has 0 spiro atoms. The summed E-state index contributed by atoms with van der Waals surface area (Å²) in [5.41, 5.74) is 2.60. The Balaban J connectivity index is 2.65. The number of aryl methyl sites for hydroxylation is 1. The Morgan fingerprint density at radius 3 is 2.69 bits per heavy atom. The standard InChI is InChI=1S/C15H21N/c1-4-13(5-2)11-16-12-15-10-8-7-9-14(15)6-3/h4,7-10,12-13H,1,5-6,11H2,2-3H3/b16-12+. The van der Waals surface area contributed by atoms with E-state index in [1.54, 1.807) is 0 Å². The van der Waals surface area contributed by atoms with Crippen molar-refractivity contribution in [2.45, 2.75) is 26.7 Å². The fourth-order valence-electron chi connectivity index (χ4n) is 1.64. The maximum absolute atomic E-state index is 4.50. The second-order valence-electron chi connectivity index (χ2n) is 3.95. The molecular formula is C15H21N. The van der Waals surface area contributed by atoms with Gasteiger partial charge >= 0.3 is 0 Å². The molecule has 0 radical (unpaired) electrons. The average molecular weight is 215 g/mol. The highest BCUT2D eigenvalue weighted by Gasteiger charge is 1.99. The lowest BCUT2D eigenvalue weighted by Gasteiger charge is -2.05. The molecule has 1 atom stereocenters. The van der Waals surface area contributed by atoms with Gasteiger partial charge in [-0.25, -0.2) is 0 Å². The SMILES string of the molecule is C=CC(CC)C/N=C/c1ccccc1CC. The van der Waals surface area contributed by atoms with Crippen molar-refractivity contribution in [1.82, 2.24) is 0 Å². The van der Waals surface area contributed by atoms with Crippen LogP contribution in [0, 0.1) is 5.92 Å². The second-order valence-corrected chi connectivity index (χ2v) is 3.95. The van der Waals surface area contributed by atoms with Gasteiger partial charge in [0, 0.05) is 12.8 Å². The van der Waals surface area contributed by atoms with E-state index in [0.717, 1.165) is 19.4 Å². The van der Waals surface area contributed by atoms with Gasteiger partial charge in [0.05, 0.1) is 0 Å². The first-order valence-corrected chi connectivity index (χ1v) is 6.02. The van der Waals surface area contributed by atoms with Crippen LogP contribution in [0.2, 0.25) is 0 Å². The van der Waals surface area contributed by atoms with Crippen LogP contribution < -0.4 is 0 Å². The minimum Gasteiger partial charge on any atom is -0.292 e. The number of rotatable bonds is 6. The smallest absolute Gasteiger partial charge is 0.0452 e. The Labute approximate surface area is 98.9 Å². The summed E-state index contributed by atoms with van der Waals surface area (Å²) in [7, 11) is 0. The van der Waals surface area contributed by atoms with Gasteiger partial charge in [0.1, 0.15) is 0 Å². The Hall–Kier alpha value is -1.37. The maximum Gasteiger partial charge on any atom is 0.0452 e. The summed E-state index contributed by atoms with van der Waals surface area (Å²) in [4.78, 5) is 4.50. The average Bonchev–Trinajstić information content (AvgIpc) is 2.35. The zero-order valence-electron chi connectivity index (χ0n) is 10.3. The van der Waals surface area contributed by atoms with Gasteiger partial charge in [0.2, 0.25) is 0 Å². The van der Waals surface area contributed by atoms with E-state index in [9.17, 15) is 0 Å². The molecule has 1 heteroatoms. The Bertz CT molecular complexity index is 352. The summed E-state index contributed by atoms with van der Waals surface area (Å²) in [5.74, 6) is 0.505. The highest BCUT2D eigenvalue weighted by Crippen LogP contribution is 2.08. The molecule has 0 aliphatic rings. The molecule has 0 aliphatic heterocycles. The molecule has 0 N–H and O–H groups in total. The maximum atomic E-state index is 4.50. The van der Waals surface area contributed by atoms with Gasteiger partial charge < -0.3 is 0 Å². The number of hydrogen-bond acceptors (Lipinski definition) is 1. The summed E-state index contributed by atoms with van der Waals surface area (Å²) in [6, 6.07) is 8.42. The minimum absolute atomic E-state index is 0.505. The van der Waals surface area contributed by atoms with Crippen molar-refractivity contribution >= 4 is 6.21 Å². The third-order valence-electron chi connectivity index (χ3n) is 2.86. The Morgan fingerprint density at radius 1 is 1.31 bits per heavy atom. The summed E-state index contributed by atoms with van der Waals surface area (Å²) in [6.45, 7) is 9.00. The fraction of sp³-hybridized carbons (Fsp3) is 0.400. The van der Waals surface area contributed by atoms with Gasteiger partial charge in [-0.3, -0.25) is 4.99 Å². The Kier molecular flexibility index (Phi) is 5.55. The zero-order chi connectivity index (χ0) is 11.8. The summed E-state index contributed by atoms with van der Waals surface area (Å²) in [6.07, 6.45) is 6.14. The molecule has 0 saturated carbocycles. The van der Waals surface area contributed by atoms with Gasteiger partial charge in [-0.1, -0.05) is 44.2 Å². The van der Waals surface area contributed by atoms with Crippen LogP contribution in [0.4, 0.5) is 0 Å². The van der Waals surface area contributed by atoms with E-state index in [1.165, 1.54) is 11.1 Å². The first kappa shape index (κ1) is 12.7. The van der Waals surface area contributed by atoms with Gasteiger partial charge in [0.25, 0.3) is 0 Å². The minimum atomic E-state index is 0.505. The lowest BCUT2D eigenvalue weighted by molar-refractivity contribution is 0.644. The predicted octanol–water partition coefficient (Wildman–Crippen LogP) is 3.88. The van der Waals surface area contributed by atoms with Crippen LogP contribution in [0.15, 0.2) is 41.9 Å². The number of benzene rings is 1. The van der Waals surface area contributed by atoms with Crippen LogP contribution >= 0.6 is 0 Å². The van der Waals surface area contributed by atoms with Crippen molar-refractivity contribution in [2.75, 3.05) is 6.54 Å². The molecule has 0 saturated heterocycles. The van der Waals surface area contributed by atoms with Crippen molar-refractivity contribution in [3.8, 4) is 0 Å². The molecule has 0 bridgehead atoms. The lowest BCUT2D eigenvalue weighted by atomic mass is 10.1. The molecule has 1 nitrogen and oxygen atoms in total. The largest absolute Gasteiger partial charge is 0.292 e. The second kappa shape index (κ2) is 7.00. The van der Waals surface area contributed by atoms with Crippen LogP contribution in [0.3, 0.4) is 0 Å². The highest BCUT2D eigenvalue weighted by molar-refractivity contribution is 5.81. The van der Waals surface area contributed by atoms with Gasteiger partial charge in [-0.05, 0) is 29.9 Å². The molecule has 1 aromatic carbocycles. The van der Waals surface area contributed by atoms with E-state index in [-0.39, 0.29) is 0 Å². The topological polar surface area (TPSA) is 12.4 Å². The fourth-order valence-corrected chi connectivity index (χ4v) is 1.64. The molecular weight excluding hydrogens is 194 g/mol. The molecule has 0 fully saturated rings. The highest BCUT2D eigenvalue weighted by atomic mass is 14.7. The monoisotopic (exact) mass is 215 g/mol. The number of nitrogens with zero attached hydrogens (tertiary/aromatic N) is 1. The first-order valence-electron chi connectivity index (χ1n) is 6.02. The van der Waals surface area contributed by atoms with Gasteiger partial charge in [0.15, 0.2) is 0 Å². The summed E-state index contributed by atoms with van der Waals surface area (Å²) in [5, 5.41) is 0. The van der Waals surface area contributed by atoms with E-state index in [4.69, 9.17) is 0 Å². The Morgan fingerprint density at radius 2 is 2.06 bits per heavy atom. The van der Waals surface area contributed by atoms with E-state index >= 15 is 0 Å². The lowest BCUT2D eigenvalue weighted by Crippen LogP contribution is -1.99.